The number of nitrogens with one attached hydrogen (secondary N) is 1. The third-order valence-electron chi connectivity index (χ3n) is 2.84. The number of carbonyl (C=O) groups excluding carboxylic acids is 2. The number of carboxylic acid groups (broad SMARTS) is 1. The quantitative estimate of drug-likeness (QED) is 0.602. The number of carboxylic acids is 1. The third-order valence-corrected chi connectivity index (χ3v) is 2.84. The van der Waals surface area contributed by atoms with Crippen molar-refractivity contribution >= 4 is 17.8 Å². The Balaban J connectivity index is 1.84. The lowest BCUT2D eigenvalue weighted by molar-refractivity contribution is -0.153. The molecule has 2 heterocycles. The molecule has 6 heteroatoms. The molecule has 2 rings (SSSR count). The Morgan fingerprint density at radius 1 is 1.40 bits per heavy atom. The van der Waals surface area contributed by atoms with E-state index in [4.69, 9.17) is 5.11 Å². The lowest BCUT2D eigenvalue weighted by atomic mass is 9.99. The SMILES string of the molecule is O=C1CCC(C(=O)N2CC(C(=O)O)C2)N1. The van der Waals surface area contributed by atoms with Gasteiger partial charge in [-0.3, -0.25) is 14.4 Å². The first-order chi connectivity index (χ1) is 7.08. The molecule has 0 aromatic carbocycles. The number of nitrogens with zero attached hydrogens (tertiary/aromatic N) is 1. The summed E-state index contributed by atoms with van der Waals surface area (Å²) in [6, 6.07) is -0.438. The zero-order valence-electron chi connectivity index (χ0n) is 8.10. The summed E-state index contributed by atoms with van der Waals surface area (Å²) in [6.45, 7) is 0.529. The molecule has 0 saturated carbocycles. The van der Waals surface area contributed by atoms with E-state index < -0.39 is 17.9 Å². The predicted octanol–water partition coefficient (Wildman–Crippen LogP) is -1.19. The van der Waals surface area contributed by atoms with Crippen LogP contribution in [0.15, 0.2) is 0 Å². The van der Waals surface area contributed by atoms with Crippen LogP contribution in [0.3, 0.4) is 0 Å². The molecule has 0 aromatic rings. The van der Waals surface area contributed by atoms with Crippen LogP contribution in [-0.4, -0.2) is 46.9 Å². The van der Waals surface area contributed by atoms with Crippen LogP contribution in [0.1, 0.15) is 12.8 Å². The summed E-state index contributed by atoms with van der Waals surface area (Å²) in [6.07, 6.45) is 0.901. The third kappa shape index (κ3) is 1.79. The summed E-state index contributed by atoms with van der Waals surface area (Å²) in [4.78, 5) is 34.5. The summed E-state index contributed by atoms with van der Waals surface area (Å²) in [5.74, 6) is -1.57. The van der Waals surface area contributed by atoms with Crippen LogP contribution >= 0.6 is 0 Å². The fourth-order valence-electron chi connectivity index (χ4n) is 1.83. The van der Waals surface area contributed by atoms with Gasteiger partial charge in [0.2, 0.25) is 11.8 Å². The Hall–Kier alpha value is -1.59. The molecule has 0 aliphatic carbocycles. The Labute approximate surface area is 86.2 Å². The maximum Gasteiger partial charge on any atom is 0.310 e. The topological polar surface area (TPSA) is 86.7 Å². The van der Waals surface area contributed by atoms with E-state index in [9.17, 15) is 14.4 Å². The normalized spacial score (nSPS) is 26.0. The molecule has 0 spiro atoms. The summed E-state index contributed by atoms with van der Waals surface area (Å²) in [5.41, 5.74) is 0. The minimum Gasteiger partial charge on any atom is -0.481 e. The number of carbonyl (C=O) groups is 3. The van der Waals surface area contributed by atoms with Crippen molar-refractivity contribution < 1.29 is 19.5 Å². The highest BCUT2D eigenvalue weighted by molar-refractivity contribution is 5.91. The van der Waals surface area contributed by atoms with Gasteiger partial charge in [0.15, 0.2) is 0 Å². The highest BCUT2D eigenvalue weighted by Crippen LogP contribution is 2.19. The van der Waals surface area contributed by atoms with Crippen molar-refractivity contribution in [3.05, 3.63) is 0 Å². The fraction of sp³-hybridized carbons (Fsp3) is 0.667. The zero-order valence-corrected chi connectivity index (χ0v) is 8.10. The van der Waals surface area contributed by atoms with Crippen molar-refractivity contribution in [2.75, 3.05) is 13.1 Å². The minimum absolute atomic E-state index is 0.108. The van der Waals surface area contributed by atoms with E-state index in [0.29, 0.717) is 12.8 Å². The van der Waals surface area contributed by atoms with Crippen LogP contribution in [-0.2, 0) is 14.4 Å². The molecule has 0 bridgehead atoms. The van der Waals surface area contributed by atoms with Crippen LogP contribution in [0, 0.1) is 5.92 Å². The maximum absolute atomic E-state index is 11.7. The van der Waals surface area contributed by atoms with Gasteiger partial charge in [-0.2, -0.15) is 0 Å². The van der Waals surface area contributed by atoms with Gasteiger partial charge in [0, 0.05) is 19.5 Å². The van der Waals surface area contributed by atoms with Crippen molar-refractivity contribution in [2.45, 2.75) is 18.9 Å². The average molecular weight is 212 g/mol. The first kappa shape index (κ1) is 9.95. The largest absolute Gasteiger partial charge is 0.481 e. The molecule has 1 unspecified atom stereocenters. The molecule has 6 nitrogen and oxygen atoms in total. The molecule has 0 radical (unpaired) electrons. The van der Waals surface area contributed by atoms with E-state index in [1.54, 1.807) is 0 Å². The summed E-state index contributed by atoms with van der Waals surface area (Å²) >= 11 is 0. The molecule has 1 atom stereocenters. The maximum atomic E-state index is 11.7. The van der Waals surface area contributed by atoms with E-state index >= 15 is 0 Å². The van der Waals surface area contributed by atoms with Crippen LogP contribution in [0.2, 0.25) is 0 Å². The van der Waals surface area contributed by atoms with E-state index in [0.717, 1.165) is 0 Å². The second kappa shape index (κ2) is 3.52. The van der Waals surface area contributed by atoms with Gasteiger partial charge in [-0.25, -0.2) is 0 Å². The molecule has 2 aliphatic heterocycles. The number of rotatable bonds is 2. The van der Waals surface area contributed by atoms with Crippen molar-refractivity contribution in [1.29, 1.82) is 0 Å². The van der Waals surface area contributed by atoms with Crippen LogP contribution in [0.25, 0.3) is 0 Å². The van der Waals surface area contributed by atoms with Crippen molar-refractivity contribution in [2.24, 2.45) is 5.92 Å². The number of aliphatic carboxylic acids is 1. The predicted molar refractivity (Wildman–Crippen MR) is 48.9 cm³/mol. The smallest absolute Gasteiger partial charge is 0.310 e. The van der Waals surface area contributed by atoms with E-state index in [1.807, 2.05) is 0 Å². The monoisotopic (exact) mass is 212 g/mol. The number of hydrogen-bond donors (Lipinski definition) is 2. The van der Waals surface area contributed by atoms with E-state index in [2.05, 4.69) is 5.32 Å². The molecule has 2 aliphatic rings. The molecule has 82 valence electrons. The number of likely N-dealkylation sites (tertiary alicyclic amines) is 1. The van der Waals surface area contributed by atoms with Gasteiger partial charge < -0.3 is 15.3 Å². The second-order valence-corrected chi connectivity index (χ2v) is 3.94. The van der Waals surface area contributed by atoms with Crippen LogP contribution in [0.4, 0.5) is 0 Å². The minimum atomic E-state index is -0.866. The molecular weight excluding hydrogens is 200 g/mol. The Morgan fingerprint density at radius 3 is 2.53 bits per heavy atom. The van der Waals surface area contributed by atoms with Gasteiger partial charge in [0.25, 0.3) is 0 Å². The first-order valence-electron chi connectivity index (χ1n) is 4.89. The van der Waals surface area contributed by atoms with Gasteiger partial charge >= 0.3 is 5.97 Å². The summed E-state index contributed by atoms with van der Waals surface area (Å²) in [7, 11) is 0. The molecule has 15 heavy (non-hydrogen) atoms. The molecule has 2 N–H and O–H groups in total. The highest BCUT2D eigenvalue weighted by Gasteiger charge is 2.39. The van der Waals surface area contributed by atoms with Gasteiger partial charge in [-0.15, -0.1) is 0 Å². The lowest BCUT2D eigenvalue weighted by Gasteiger charge is -2.38. The average Bonchev–Trinajstić information content (AvgIpc) is 2.48. The van der Waals surface area contributed by atoms with E-state index in [1.165, 1.54) is 4.90 Å². The Kier molecular flexibility index (Phi) is 2.34. The summed E-state index contributed by atoms with van der Waals surface area (Å²) in [5, 5.41) is 11.2. The number of hydrogen-bond acceptors (Lipinski definition) is 3. The number of amides is 2. The Bertz CT molecular complexity index is 322. The van der Waals surface area contributed by atoms with Crippen LogP contribution in [0.5, 0.6) is 0 Å². The second-order valence-electron chi connectivity index (χ2n) is 3.94. The van der Waals surface area contributed by atoms with Gasteiger partial charge in [0.05, 0.1) is 5.92 Å². The summed E-state index contributed by atoms with van der Waals surface area (Å²) < 4.78 is 0. The molecule has 2 fully saturated rings. The first-order valence-corrected chi connectivity index (χ1v) is 4.89. The highest BCUT2D eigenvalue weighted by atomic mass is 16.4. The lowest BCUT2D eigenvalue weighted by Crippen LogP contribution is -2.57. The van der Waals surface area contributed by atoms with Crippen molar-refractivity contribution in [3.63, 3.8) is 0 Å². The molecular formula is C9H12N2O4. The van der Waals surface area contributed by atoms with Gasteiger partial charge in [-0.1, -0.05) is 0 Å². The van der Waals surface area contributed by atoms with Gasteiger partial charge in [0.1, 0.15) is 6.04 Å². The van der Waals surface area contributed by atoms with Crippen LogP contribution < -0.4 is 5.32 Å². The van der Waals surface area contributed by atoms with Crippen molar-refractivity contribution in [1.82, 2.24) is 10.2 Å². The zero-order chi connectivity index (χ0) is 11.0. The molecule has 0 aromatic heterocycles. The fourth-order valence-corrected chi connectivity index (χ4v) is 1.83. The Morgan fingerprint density at radius 2 is 2.07 bits per heavy atom. The molecule has 2 amide bonds. The van der Waals surface area contributed by atoms with Crippen molar-refractivity contribution in [3.8, 4) is 0 Å². The molecule has 2 saturated heterocycles. The standard InChI is InChI=1S/C9H12N2O4/c12-7-2-1-6(10-7)8(13)11-3-5(4-11)9(14)15/h5-6H,1-4H2,(H,10,12)(H,14,15). The van der Waals surface area contributed by atoms with E-state index in [-0.39, 0.29) is 24.9 Å². The van der Waals surface area contributed by atoms with Gasteiger partial charge in [-0.05, 0) is 6.42 Å².